The highest BCUT2D eigenvalue weighted by Gasteiger charge is 2.23. The quantitative estimate of drug-likeness (QED) is 0.849. The highest BCUT2D eigenvalue weighted by atomic mass is 16.4. The van der Waals surface area contributed by atoms with Crippen LogP contribution < -0.4 is 0 Å². The second kappa shape index (κ2) is 7.22. The Bertz CT molecular complexity index is 708. The Balaban J connectivity index is 1.53. The van der Waals surface area contributed by atoms with Crippen molar-refractivity contribution in [3.8, 4) is 0 Å². The van der Waals surface area contributed by atoms with Crippen molar-refractivity contribution in [3.05, 3.63) is 48.0 Å². The Morgan fingerprint density at radius 3 is 2.62 bits per heavy atom. The molecule has 3 rings (SSSR count). The van der Waals surface area contributed by atoms with Crippen LogP contribution in [-0.2, 0) is 17.9 Å². The Morgan fingerprint density at radius 1 is 1.17 bits per heavy atom. The molecule has 0 aromatic carbocycles. The summed E-state index contributed by atoms with van der Waals surface area (Å²) in [6.45, 7) is 3.37. The van der Waals surface area contributed by atoms with Gasteiger partial charge in [0.25, 0.3) is 5.91 Å². The molecule has 8 nitrogen and oxygen atoms in total. The molecule has 1 saturated heterocycles. The summed E-state index contributed by atoms with van der Waals surface area (Å²) >= 11 is 0. The molecule has 0 saturated carbocycles. The number of nitrogens with zero attached hydrogens (tertiary/aromatic N) is 5. The fraction of sp³-hybridized carbons (Fsp3) is 0.375. The van der Waals surface area contributed by atoms with E-state index in [4.69, 9.17) is 5.11 Å². The predicted molar refractivity (Wildman–Crippen MR) is 85.3 cm³/mol. The normalized spacial score (nSPS) is 15.4. The number of carboxylic acid groups (broad SMARTS) is 1. The molecule has 0 spiro atoms. The molecule has 0 radical (unpaired) electrons. The molecular weight excluding hydrogens is 310 g/mol. The zero-order chi connectivity index (χ0) is 16.9. The third kappa shape index (κ3) is 3.96. The molecule has 2 aromatic heterocycles. The number of aromatic nitrogens is 3. The largest absolute Gasteiger partial charge is 0.480 e. The summed E-state index contributed by atoms with van der Waals surface area (Å²) in [5, 5.41) is 12.7. The lowest BCUT2D eigenvalue weighted by Gasteiger charge is -2.34. The third-order valence-corrected chi connectivity index (χ3v) is 3.95. The Hall–Kier alpha value is -2.74. The standard InChI is InChI=1S/C16H19N5O3/c22-15(23)12-21-10-13(9-18-21)16(24)20-7-5-19(6-8-20)11-14-3-1-2-4-17-14/h1-4,9-10H,5-8,11-12H2,(H,22,23). The smallest absolute Gasteiger partial charge is 0.325 e. The van der Waals surface area contributed by atoms with Crippen molar-refractivity contribution in [3.63, 3.8) is 0 Å². The number of rotatable bonds is 5. The molecule has 1 N–H and O–H groups in total. The van der Waals surface area contributed by atoms with Gasteiger partial charge in [0.15, 0.2) is 0 Å². The van der Waals surface area contributed by atoms with Crippen molar-refractivity contribution in [1.82, 2.24) is 24.6 Å². The van der Waals surface area contributed by atoms with E-state index in [2.05, 4.69) is 15.0 Å². The number of aliphatic carboxylic acids is 1. The molecule has 126 valence electrons. The maximum absolute atomic E-state index is 12.5. The average molecular weight is 329 g/mol. The molecule has 8 heteroatoms. The predicted octanol–water partition coefficient (Wildman–Crippen LogP) is 0.321. The molecule has 1 aliphatic heterocycles. The molecule has 2 aromatic rings. The summed E-state index contributed by atoms with van der Waals surface area (Å²) in [6, 6.07) is 5.86. The van der Waals surface area contributed by atoms with E-state index >= 15 is 0 Å². The summed E-state index contributed by atoms with van der Waals surface area (Å²) in [4.78, 5) is 31.5. The minimum absolute atomic E-state index is 0.107. The number of hydrogen-bond donors (Lipinski definition) is 1. The zero-order valence-corrected chi connectivity index (χ0v) is 13.2. The second-order valence-electron chi connectivity index (χ2n) is 5.71. The molecule has 3 heterocycles. The maximum atomic E-state index is 12.5. The van der Waals surface area contributed by atoms with Gasteiger partial charge in [-0.25, -0.2) is 0 Å². The third-order valence-electron chi connectivity index (χ3n) is 3.95. The number of amides is 1. The molecule has 0 unspecified atom stereocenters. The van der Waals surface area contributed by atoms with E-state index in [0.29, 0.717) is 18.7 Å². The number of carboxylic acids is 1. The average Bonchev–Trinajstić information content (AvgIpc) is 3.03. The monoisotopic (exact) mass is 329 g/mol. The highest BCUT2D eigenvalue weighted by molar-refractivity contribution is 5.93. The maximum Gasteiger partial charge on any atom is 0.325 e. The fourth-order valence-corrected chi connectivity index (χ4v) is 2.71. The van der Waals surface area contributed by atoms with Crippen LogP contribution in [0.15, 0.2) is 36.8 Å². The molecule has 24 heavy (non-hydrogen) atoms. The lowest BCUT2D eigenvalue weighted by atomic mass is 10.2. The molecule has 1 aliphatic rings. The van der Waals surface area contributed by atoms with E-state index in [9.17, 15) is 9.59 Å². The van der Waals surface area contributed by atoms with Gasteiger partial charge in [-0.3, -0.25) is 24.2 Å². The fourth-order valence-electron chi connectivity index (χ4n) is 2.71. The van der Waals surface area contributed by atoms with Crippen LogP contribution in [0.5, 0.6) is 0 Å². The first kappa shape index (κ1) is 16.1. The molecule has 0 aliphatic carbocycles. The van der Waals surface area contributed by atoms with E-state index in [0.717, 1.165) is 25.3 Å². The summed E-state index contributed by atoms with van der Waals surface area (Å²) in [5.41, 5.74) is 1.45. The number of carbonyl (C=O) groups excluding carboxylic acids is 1. The number of hydrogen-bond acceptors (Lipinski definition) is 5. The van der Waals surface area contributed by atoms with Crippen LogP contribution in [0.2, 0.25) is 0 Å². The zero-order valence-electron chi connectivity index (χ0n) is 13.2. The van der Waals surface area contributed by atoms with Crippen LogP contribution in [0.25, 0.3) is 0 Å². The van der Waals surface area contributed by atoms with E-state index in [-0.39, 0.29) is 12.5 Å². The molecule has 0 bridgehead atoms. The second-order valence-corrected chi connectivity index (χ2v) is 5.71. The van der Waals surface area contributed by atoms with E-state index in [1.165, 1.54) is 17.1 Å². The number of carbonyl (C=O) groups is 2. The van der Waals surface area contributed by atoms with Gasteiger partial charge in [-0.05, 0) is 12.1 Å². The van der Waals surface area contributed by atoms with Crippen LogP contribution in [0, 0.1) is 0 Å². The highest BCUT2D eigenvalue weighted by Crippen LogP contribution is 2.10. The minimum Gasteiger partial charge on any atom is -0.480 e. The lowest BCUT2D eigenvalue weighted by molar-refractivity contribution is -0.137. The van der Waals surface area contributed by atoms with Crippen molar-refractivity contribution < 1.29 is 14.7 Å². The van der Waals surface area contributed by atoms with E-state index < -0.39 is 5.97 Å². The van der Waals surface area contributed by atoms with Gasteiger partial charge >= 0.3 is 5.97 Å². The van der Waals surface area contributed by atoms with Crippen LogP contribution in [0.3, 0.4) is 0 Å². The molecule has 1 amide bonds. The van der Waals surface area contributed by atoms with Crippen LogP contribution in [0.4, 0.5) is 0 Å². The summed E-state index contributed by atoms with van der Waals surface area (Å²) in [6.07, 6.45) is 4.69. The number of piperazine rings is 1. The molecular formula is C16H19N5O3. The van der Waals surface area contributed by atoms with E-state index in [1.807, 2.05) is 18.2 Å². The van der Waals surface area contributed by atoms with Gasteiger partial charge in [0.05, 0.1) is 17.5 Å². The SMILES string of the molecule is O=C(O)Cn1cc(C(=O)N2CCN(Cc3ccccn3)CC2)cn1. The summed E-state index contributed by atoms with van der Waals surface area (Å²) in [7, 11) is 0. The number of pyridine rings is 1. The topological polar surface area (TPSA) is 91.6 Å². The van der Waals surface area contributed by atoms with Crippen molar-refractivity contribution in [2.24, 2.45) is 0 Å². The van der Waals surface area contributed by atoms with E-state index in [1.54, 1.807) is 11.1 Å². The first-order valence-corrected chi connectivity index (χ1v) is 7.77. The van der Waals surface area contributed by atoms with Crippen LogP contribution >= 0.6 is 0 Å². The summed E-state index contributed by atoms with van der Waals surface area (Å²) < 4.78 is 1.26. The van der Waals surface area contributed by atoms with Crippen molar-refractivity contribution in [2.75, 3.05) is 26.2 Å². The van der Waals surface area contributed by atoms with Crippen molar-refractivity contribution in [2.45, 2.75) is 13.1 Å². The Morgan fingerprint density at radius 2 is 1.96 bits per heavy atom. The van der Waals surface area contributed by atoms with Gasteiger partial charge in [-0.15, -0.1) is 0 Å². The van der Waals surface area contributed by atoms with Gasteiger partial charge in [0, 0.05) is 45.1 Å². The van der Waals surface area contributed by atoms with Crippen LogP contribution in [-0.4, -0.2) is 67.7 Å². The van der Waals surface area contributed by atoms with Gasteiger partial charge in [0.1, 0.15) is 6.54 Å². The molecule has 0 atom stereocenters. The Labute approximate surface area is 139 Å². The van der Waals surface area contributed by atoms with Gasteiger partial charge in [-0.1, -0.05) is 6.07 Å². The molecule has 1 fully saturated rings. The van der Waals surface area contributed by atoms with Crippen molar-refractivity contribution in [1.29, 1.82) is 0 Å². The summed E-state index contributed by atoms with van der Waals surface area (Å²) in [5.74, 6) is -1.09. The first-order valence-electron chi connectivity index (χ1n) is 7.77. The minimum atomic E-state index is -0.986. The van der Waals surface area contributed by atoms with Crippen LogP contribution in [0.1, 0.15) is 16.1 Å². The lowest BCUT2D eigenvalue weighted by Crippen LogP contribution is -2.48. The Kier molecular flexibility index (Phi) is 4.85. The van der Waals surface area contributed by atoms with Crippen molar-refractivity contribution >= 4 is 11.9 Å². The van der Waals surface area contributed by atoms with Gasteiger partial charge < -0.3 is 10.0 Å². The van der Waals surface area contributed by atoms with Gasteiger partial charge in [0.2, 0.25) is 0 Å². The van der Waals surface area contributed by atoms with Gasteiger partial charge in [-0.2, -0.15) is 5.10 Å². The first-order chi connectivity index (χ1) is 11.6.